The summed E-state index contributed by atoms with van der Waals surface area (Å²) in [6.07, 6.45) is -10.0. The van der Waals surface area contributed by atoms with Gasteiger partial charge in [0.1, 0.15) is 0 Å². The number of alkyl halides is 21. The quantitative estimate of drug-likeness (QED) is 0.125. The van der Waals surface area contributed by atoms with Crippen molar-refractivity contribution in [2.24, 2.45) is 4.99 Å². The third-order valence-electron chi connectivity index (χ3n) is 6.23. The number of hydrogen-bond acceptors (Lipinski definition) is 3. The van der Waals surface area contributed by atoms with E-state index in [4.69, 9.17) is 0 Å². The normalized spacial score (nSPS) is 15.6. The van der Waals surface area contributed by atoms with Crippen molar-refractivity contribution in [2.45, 2.75) is 85.8 Å². The van der Waals surface area contributed by atoms with Crippen LogP contribution in [0.3, 0.4) is 0 Å². The number of nitrogens with one attached hydrogen (secondary N) is 1. The molecular weight excluding hydrogens is 723 g/mol. The fraction of sp³-hybridized carbons (Fsp3) is 0.636. The number of nitrogens with zero attached hydrogens (tertiary/aromatic N) is 1. The molecule has 47 heavy (non-hydrogen) atoms. The van der Waals surface area contributed by atoms with Crippen LogP contribution in [0.4, 0.5) is 97.9 Å². The summed E-state index contributed by atoms with van der Waals surface area (Å²) in [7, 11) is 0. The van der Waals surface area contributed by atoms with Crippen LogP contribution in [-0.2, 0) is 4.79 Å². The number of hydrogen-bond donors (Lipinski definition) is 1. The second-order valence-electron chi connectivity index (χ2n) is 9.53. The highest BCUT2D eigenvalue weighted by Crippen LogP contribution is 2.66. The predicted octanol–water partition coefficient (Wildman–Crippen LogP) is 8.75. The van der Waals surface area contributed by atoms with Crippen molar-refractivity contribution in [3.05, 3.63) is 29.3 Å². The summed E-state index contributed by atoms with van der Waals surface area (Å²) in [5.74, 6) is -79.4. The average molecular weight is 736 g/mol. The van der Waals surface area contributed by atoms with Crippen LogP contribution >= 0.6 is 0 Å². The minimum atomic E-state index is -9.25. The molecule has 1 N–H and O–H groups in total. The van der Waals surface area contributed by atoms with E-state index in [-0.39, 0.29) is 18.2 Å². The molecule has 0 radical (unpaired) electrons. The first-order chi connectivity index (χ1) is 20.5. The standard InChI is InChI=1S/C22H13F21N2O2/c1-8(45-12(47)10-4-3-5-11(9(10)2)44-7-46)6-13(23,24)14(25,26)15(27,28)16(29,30)17(31,32)18(33,34)19(35,36)20(37,38)21(39,40)22(41,42)43/h3-5,8H,6H2,1-2H3,(H,45,47). The molecular formula is C22H13F21N2O2. The van der Waals surface area contributed by atoms with Crippen LogP contribution in [0.1, 0.15) is 29.3 Å². The maximum atomic E-state index is 14.3. The number of benzene rings is 1. The maximum absolute atomic E-state index is 14.3. The molecule has 25 heteroatoms. The van der Waals surface area contributed by atoms with Gasteiger partial charge in [-0.15, -0.1) is 0 Å². The van der Waals surface area contributed by atoms with Gasteiger partial charge in [-0.25, -0.2) is 4.79 Å². The van der Waals surface area contributed by atoms with E-state index in [0.717, 1.165) is 31.2 Å². The summed E-state index contributed by atoms with van der Waals surface area (Å²) in [5.41, 5.74) is -1.15. The lowest BCUT2D eigenvalue weighted by Crippen LogP contribution is -2.76. The van der Waals surface area contributed by atoms with E-state index in [1.54, 1.807) is 0 Å². The Balaban J connectivity index is 3.57. The van der Waals surface area contributed by atoms with Gasteiger partial charge >= 0.3 is 59.5 Å². The smallest absolute Gasteiger partial charge is 0.349 e. The van der Waals surface area contributed by atoms with Gasteiger partial charge in [0.2, 0.25) is 6.08 Å². The highest BCUT2D eigenvalue weighted by atomic mass is 19.4. The van der Waals surface area contributed by atoms with Gasteiger partial charge in [0.15, 0.2) is 0 Å². The van der Waals surface area contributed by atoms with E-state index in [1.807, 2.05) is 0 Å². The molecule has 1 rings (SSSR count). The summed E-state index contributed by atoms with van der Waals surface area (Å²) in [5, 5.41) is 1.40. The number of rotatable bonds is 13. The van der Waals surface area contributed by atoms with E-state index in [9.17, 15) is 102 Å². The number of isocyanates is 1. The molecule has 0 aromatic heterocycles. The van der Waals surface area contributed by atoms with Gasteiger partial charge in [-0.1, -0.05) is 6.07 Å². The molecule has 1 aromatic carbocycles. The molecule has 0 fully saturated rings. The molecule has 0 saturated carbocycles. The zero-order chi connectivity index (χ0) is 37.8. The molecule has 4 nitrogen and oxygen atoms in total. The summed E-state index contributed by atoms with van der Waals surface area (Å²) in [6.45, 7) is 1.29. The van der Waals surface area contributed by atoms with Crippen LogP contribution in [0.5, 0.6) is 0 Å². The van der Waals surface area contributed by atoms with Crippen molar-refractivity contribution in [2.75, 3.05) is 0 Å². The van der Waals surface area contributed by atoms with E-state index in [1.165, 1.54) is 5.32 Å². The predicted molar refractivity (Wildman–Crippen MR) is 111 cm³/mol. The van der Waals surface area contributed by atoms with Crippen molar-refractivity contribution in [3.63, 3.8) is 0 Å². The maximum Gasteiger partial charge on any atom is 0.460 e. The van der Waals surface area contributed by atoms with Gasteiger partial charge in [-0.3, -0.25) is 4.79 Å². The lowest BCUT2D eigenvalue weighted by Gasteiger charge is -2.44. The van der Waals surface area contributed by atoms with Crippen molar-refractivity contribution in [3.8, 4) is 0 Å². The van der Waals surface area contributed by atoms with E-state index in [0.29, 0.717) is 0 Å². The molecule has 0 aliphatic carbocycles. The summed E-state index contributed by atoms with van der Waals surface area (Å²) in [6, 6.07) is 0.290. The first kappa shape index (κ1) is 41.6. The largest absolute Gasteiger partial charge is 0.460 e. The van der Waals surface area contributed by atoms with Gasteiger partial charge in [-0.2, -0.15) is 97.2 Å². The molecule has 0 heterocycles. The highest BCUT2D eigenvalue weighted by molar-refractivity contribution is 5.97. The minimum Gasteiger partial charge on any atom is -0.349 e. The van der Waals surface area contributed by atoms with Crippen LogP contribution in [0.2, 0.25) is 0 Å². The Hall–Kier alpha value is -3.40. The van der Waals surface area contributed by atoms with E-state index >= 15 is 0 Å². The first-order valence-corrected chi connectivity index (χ1v) is 11.4. The molecule has 1 atom stereocenters. The summed E-state index contributed by atoms with van der Waals surface area (Å²) < 4.78 is 284. The lowest BCUT2D eigenvalue weighted by molar-refractivity contribution is -0.474. The SMILES string of the molecule is Cc1c(N=C=O)cccc1C(=O)NC(C)CC(F)(F)C(F)(F)C(F)(F)C(F)(F)C(F)(F)C(F)(F)C(F)(F)C(F)(F)C(F)(F)C(F)(F)F. The van der Waals surface area contributed by atoms with E-state index in [2.05, 4.69) is 4.99 Å². The monoisotopic (exact) mass is 736 g/mol. The lowest BCUT2D eigenvalue weighted by atomic mass is 9.85. The number of carbonyl (C=O) groups excluding carboxylic acids is 2. The molecule has 1 aromatic rings. The van der Waals surface area contributed by atoms with Crippen LogP contribution in [-0.4, -0.2) is 77.5 Å². The fourth-order valence-electron chi connectivity index (χ4n) is 3.50. The molecule has 270 valence electrons. The Morgan fingerprint density at radius 1 is 0.660 bits per heavy atom. The average Bonchev–Trinajstić information content (AvgIpc) is 2.87. The number of halogens is 21. The second-order valence-corrected chi connectivity index (χ2v) is 9.53. The van der Waals surface area contributed by atoms with Crippen molar-refractivity contribution >= 4 is 17.7 Å². The highest BCUT2D eigenvalue weighted by Gasteiger charge is 2.97. The van der Waals surface area contributed by atoms with Crippen molar-refractivity contribution in [1.82, 2.24) is 5.32 Å². The van der Waals surface area contributed by atoms with Gasteiger partial charge in [0, 0.05) is 18.0 Å². The van der Waals surface area contributed by atoms with Crippen LogP contribution in [0.25, 0.3) is 0 Å². The molecule has 0 aliphatic heterocycles. The van der Waals surface area contributed by atoms with Crippen LogP contribution in [0.15, 0.2) is 23.2 Å². The van der Waals surface area contributed by atoms with Gasteiger partial charge < -0.3 is 5.32 Å². The molecule has 1 amide bonds. The third kappa shape index (κ3) is 6.07. The van der Waals surface area contributed by atoms with Crippen molar-refractivity contribution < 1.29 is 102 Å². The Bertz CT molecular complexity index is 1380. The molecule has 0 saturated heterocycles. The Labute approximate surface area is 246 Å². The summed E-state index contributed by atoms with van der Waals surface area (Å²) >= 11 is 0. The Morgan fingerprint density at radius 3 is 1.38 bits per heavy atom. The Morgan fingerprint density at radius 2 is 1.02 bits per heavy atom. The second kappa shape index (κ2) is 11.9. The van der Waals surface area contributed by atoms with Gasteiger partial charge in [0.05, 0.1) is 5.69 Å². The van der Waals surface area contributed by atoms with Crippen LogP contribution < -0.4 is 5.32 Å². The zero-order valence-corrected chi connectivity index (χ0v) is 22.2. The molecule has 0 bridgehead atoms. The third-order valence-corrected chi connectivity index (χ3v) is 6.23. The van der Waals surface area contributed by atoms with Gasteiger partial charge in [0.25, 0.3) is 5.91 Å². The number of amides is 1. The minimum absolute atomic E-state index is 0.243. The Kier molecular flexibility index (Phi) is 10.6. The van der Waals surface area contributed by atoms with E-state index < -0.39 is 83.4 Å². The zero-order valence-electron chi connectivity index (χ0n) is 22.2. The number of aliphatic imine (C=N–C) groups is 1. The number of carbonyl (C=O) groups is 1. The molecule has 0 spiro atoms. The van der Waals surface area contributed by atoms with Gasteiger partial charge in [-0.05, 0) is 31.5 Å². The molecule has 0 aliphatic rings. The first-order valence-electron chi connectivity index (χ1n) is 11.4. The molecule has 1 unspecified atom stereocenters. The summed E-state index contributed by atoms with van der Waals surface area (Å²) in [4.78, 5) is 25.8. The van der Waals surface area contributed by atoms with Crippen LogP contribution in [0, 0.1) is 6.92 Å². The topological polar surface area (TPSA) is 58.5 Å². The fourth-order valence-corrected chi connectivity index (χ4v) is 3.50. The van der Waals surface area contributed by atoms with Crippen molar-refractivity contribution in [1.29, 1.82) is 0 Å².